The molecule has 2 N–H and O–H groups in total. The normalized spacial score (nSPS) is 19.4. The second kappa shape index (κ2) is 6.74. The number of anilines is 2. The summed E-state index contributed by atoms with van der Waals surface area (Å²) >= 11 is 1.13. The summed E-state index contributed by atoms with van der Waals surface area (Å²) < 4.78 is 5.63. The quantitative estimate of drug-likeness (QED) is 0.677. The highest BCUT2D eigenvalue weighted by atomic mass is 32.2. The van der Waals surface area contributed by atoms with Gasteiger partial charge in [0.2, 0.25) is 5.88 Å². The van der Waals surface area contributed by atoms with Gasteiger partial charge in [-0.25, -0.2) is 24.6 Å². The van der Waals surface area contributed by atoms with E-state index in [2.05, 4.69) is 20.3 Å². The zero-order valence-corrected chi connectivity index (χ0v) is 15.5. The zero-order valence-electron chi connectivity index (χ0n) is 14.7. The van der Waals surface area contributed by atoms with E-state index in [1.54, 1.807) is 42.7 Å². The molecule has 9 nitrogen and oxygen atoms in total. The molecule has 3 aromatic rings. The predicted octanol–water partition coefficient (Wildman–Crippen LogP) is 3.13. The Kier molecular flexibility index (Phi) is 4.06. The van der Waals surface area contributed by atoms with E-state index < -0.39 is 23.3 Å². The Labute approximate surface area is 168 Å². The Hall–Kier alpha value is -3.66. The Morgan fingerprint density at radius 3 is 2.76 bits per heavy atom. The first-order chi connectivity index (χ1) is 14.1. The lowest BCUT2D eigenvalue weighted by molar-refractivity contribution is -0.136. The number of hydrogen-bond acceptors (Lipinski definition) is 7. The zero-order chi connectivity index (χ0) is 20.0. The number of aliphatic carboxylic acids is 1. The fourth-order valence-electron chi connectivity index (χ4n) is 3.33. The minimum Gasteiger partial charge on any atom is -0.480 e. The summed E-state index contributed by atoms with van der Waals surface area (Å²) in [5.74, 6) is 0.298. The van der Waals surface area contributed by atoms with E-state index in [-0.39, 0.29) is 0 Å². The van der Waals surface area contributed by atoms with Gasteiger partial charge in [-0.05, 0) is 24.3 Å². The number of carbonyl (C=O) groups is 2. The van der Waals surface area contributed by atoms with Gasteiger partial charge >= 0.3 is 12.0 Å². The van der Waals surface area contributed by atoms with Crippen molar-refractivity contribution in [1.82, 2.24) is 20.3 Å². The summed E-state index contributed by atoms with van der Waals surface area (Å²) in [5.41, 5.74) is 1.27. The van der Waals surface area contributed by atoms with E-state index in [0.717, 1.165) is 11.8 Å². The average Bonchev–Trinajstić information content (AvgIpc) is 3.10. The van der Waals surface area contributed by atoms with Crippen LogP contribution in [0, 0.1) is 0 Å². The maximum Gasteiger partial charge on any atom is 0.328 e. The summed E-state index contributed by atoms with van der Waals surface area (Å²) in [6.07, 6.45) is 4.68. The third kappa shape index (κ3) is 2.93. The van der Waals surface area contributed by atoms with Crippen LogP contribution in [0.4, 0.5) is 16.3 Å². The summed E-state index contributed by atoms with van der Waals surface area (Å²) in [6.45, 7) is 0. The number of hydrogen-bond donors (Lipinski definition) is 2. The number of carboxylic acid groups (broad SMARTS) is 1. The summed E-state index contributed by atoms with van der Waals surface area (Å²) in [5, 5.41) is 12.0. The lowest BCUT2D eigenvalue weighted by atomic mass is 10.0. The van der Waals surface area contributed by atoms with Crippen LogP contribution in [0.5, 0.6) is 11.6 Å². The van der Waals surface area contributed by atoms with Crippen molar-refractivity contribution in [3.8, 4) is 11.6 Å². The van der Waals surface area contributed by atoms with Gasteiger partial charge in [-0.1, -0.05) is 17.8 Å². The van der Waals surface area contributed by atoms with Gasteiger partial charge in [0, 0.05) is 24.0 Å². The molecule has 3 aromatic heterocycles. The molecule has 144 valence electrons. The molecule has 5 heterocycles. The van der Waals surface area contributed by atoms with Crippen LogP contribution < -0.4 is 15.0 Å². The van der Waals surface area contributed by atoms with Gasteiger partial charge in [0.05, 0.1) is 17.9 Å². The molecule has 0 radical (unpaired) electrons. The second-order valence-corrected chi connectivity index (χ2v) is 7.44. The molecular weight excluding hydrogens is 394 g/mol. The number of aromatic nitrogens is 3. The highest BCUT2D eigenvalue weighted by Crippen LogP contribution is 2.50. The highest BCUT2D eigenvalue weighted by Gasteiger charge is 2.46. The Balaban J connectivity index is 1.48. The fraction of sp³-hybridized carbons (Fsp3) is 0.105. The topological polar surface area (TPSA) is 118 Å². The number of ether oxygens (including phenoxy) is 1. The van der Waals surface area contributed by atoms with Crippen molar-refractivity contribution in [3.63, 3.8) is 0 Å². The summed E-state index contributed by atoms with van der Waals surface area (Å²) in [7, 11) is 0. The molecule has 29 heavy (non-hydrogen) atoms. The number of pyridine rings is 3. The van der Waals surface area contributed by atoms with E-state index in [9.17, 15) is 14.7 Å². The molecule has 0 aliphatic carbocycles. The first-order valence-electron chi connectivity index (χ1n) is 8.66. The third-order valence-electron chi connectivity index (χ3n) is 4.56. The Morgan fingerprint density at radius 2 is 2.03 bits per heavy atom. The maximum absolute atomic E-state index is 12.8. The van der Waals surface area contributed by atoms with Crippen molar-refractivity contribution >= 4 is 35.3 Å². The number of nitrogens with one attached hydrogen (secondary N) is 1. The van der Waals surface area contributed by atoms with Gasteiger partial charge in [0.15, 0.2) is 0 Å². The minimum atomic E-state index is -0.994. The molecular formula is C19H13N5O4S. The molecule has 0 saturated carbocycles. The van der Waals surface area contributed by atoms with Gasteiger partial charge in [-0.2, -0.15) is 0 Å². The molecule has 2 amide bonds. The second-order valence-electron chi connectivity index (χ2n) is 6.31. The molecule has 0 fully saturated rings. The lowest BCUT2D eigenvalue weighted by Crippen LogP contribution is -2.47. The molecule has 2 aliphatic heterocycles. The van der Waals surface area contributed by atoms with E-state index in [1.807, 2.05) is 6.07 Å². The van der Waals surface area contributed by atoms with Gasteiger partial charge in [0.1, 0.15) is 21.8 Å². The number of thioether (sulfide) groups is 1. The van der Waals surface area contributed by atoms with Crippen molar-refractivity contribution in [1.29, 1.82) is 0 Å². The molecule has 0 spiro atoms. The number of carboxylic acids is 1. The van der Waals surface area contributed by atoms with Crippen molar-refractivity contribution in [2.75, 3.05) is 4.90 Å². The minimum absolute atomic E-state index is 0.381. The van der Waals surface area contributed by atoms with Crippen LogP contribution in [-0.4, -0.2) is 37.3 Å². The predicted molar refractivity (Wildman–Crippen MR) is 103 cm³/mol. The first-order valence-corrected chi connectivity index (χ1v) is 9.54. The van der Waals surface area contributed by atoms with Crippen molar-refractivity contribution in [2.45, 2.75) is 16.3 Å². The van der Waals surface area contributed by atoms with Crippen LogP contribution in [-0.2, 0) is 4.79 Å². The molecule has 10 heteroatoms. The molecule has 0 saturated heterocycles. The summed E-state index contributed by atoms with van der Waals surface area (Å²) in [4.78, 5) is 38.5. The maximum atomic E-state index is 12.8. The standard InChI is InChI=1S/C19H13N5O4S/c25-18(26)16-15-14-11(6-8-21-17(14)29-16)24(19(27)23-15)12-5-4-10(9-22-12)28-13-3-1-2-7-20-13/h1-9,15-16H,(H,23,27)(H,25,26). The monoisotopic (exact) mass is 407 g/mol. The Bertz CT molecular complexity index is 1110. The number of amides is 2. The number of carbonyl (C=O) groups excluding carboxylic acids is 1. The first kappa shape index (κ1) is 17.4. The number of nitrogens with zero attached hydrogens (tertiary/aromatic N) is 4. The fourth-order valence-corrected chi connectivity index (χ4v) is 4.50. The van der Waals surface area contributed by atoms with E-state index in [1.165, 1.54) is 11.1 Å². The van der Waals surface area contributed by atoms with E-state index in [4.69, 9.17) is 4.74 Å². The highest BCUT2D eigenvalue weighted by molar-refractivity contribution is 8.00. The van der Waals surface area contributed by atoms with Crippen LogP contribution in [0.15, 0.2) is 60.0 Å². The number of rotatable bonds is 4. The van der Waals surface area contributed by atoms with Gasteiger partial charge < -0.3 is 15.2 Å². The van der Waals surface area contributed by atoms with Gasteiger partial charge in [-0.15, -0.1) is 0 Å². The summed E-state index contributed by atoms with van der Waals surface area (Å²) in [6, 6.07) is 9.28. The van der Waals surface area contributed by atoms with Crippen molar-refractivity contribution in [3.05, 3.63) is 60.6 Å². The molecule has 0 bridgehead atoms. The Morgan fingerprint density at radius 1 is 1.14 bits per heavy atom. The molecule has 2 unspecified atom stereocenters. The largest absolute Gasteiger partial charge is 0.480 e. The van der Waals surface area contributed by atoms with Crippen molar-refractivity contribution < 1.29 is 19.4 Å². The van der Waals surface area contributed by atoms with Gasteiger partial charge in [0.25, 0.3) is 0 Å². The van der Waals surface area contributed by atoms with Crippen LogP contribution in [0.25, 0.3) is 0 Å². The lowest BCUT2D eigenvalue weighted by Gasteiger charge is -2.33. The van der Waals surface area contributed by atoms with E-state index in [0.29, 0.717) is 33.7 Å². The van der Waals surface area contributed by atoms with Gasteiger partial charge in [-0.3, -0.25) is 4.79 Å². The SMILES string of the molecule is O=C(O)C1Sc2nccc3c2C1NC(=O)N3c1ccc(Oc2ccccn2)cn1. The molecule has 2 aliphatic rings. The van der Waals surface area contributed by atoms with Crippen LogP contribution >= 0.6 is 11.8 Å². The van der Waals surface area contributed by atoms with E-state index >= 15 is 0 Å². The molecule has 2 atom stereocenters. The molecule has 0 aromatic carbocycles. The average molecular weight is 407 g/mol. The van der Waals surface area contributed by atoms with Crippen LogP contribution in [0.3, 0.4) is 0 Å². The van der Waals surface area contributed by atoms with Crippen LogP contribution in [0.2, 0.25) is 0 Å². The van der Waals surface area contributed by atoms with Crippen molar-refractivity contribution in [2.24, 2.45) is 0 Å². The van der Waals surface area contributed by atoms with Crippen LogP contribution in [0.1, 0.15) is 11.6 Å². The number of urea groups is 1. The molecule has 5 rings (SSSR count). The third-order valence-corrected chi connectivity index (χ3v) is 5.84. The smallest absolute Gasteiger partial charge is 0.328 e.